The molecule has 0 saturated carbocycles. The summed E-state index contributed by atoms with van der Waals surface area (Å²) >= 11 is 0. The minimum Gasteiger partial charge on any atom is -0.379 e. The summed E-state index contributed by atoms with van der Waals surface area (Å²) in [6.45, 7) is 3.49. The second kappa shape index (κ2) is 8.54. The van der Waals surface area contributed by atoms with Crippen molar-refractivity contribution in [3.05, 3.63) is 43.0 Å². The highest BCUT2D eigenvalue weighted by Gasteiger charge is 2.22. The van der Waals surface area contributed by atoms with Crippen LogP contribution in [-0.2, 0) is 22.5 Å². The van der Waals surface area contributed by atoms with Crippen LogP contribution in [0.15, 0.2) is 37.3 Å². The molecule has 0 bridgehead atoms. The number of ether oxygens (including phenoxy) is 1. The maximum Gasteiger partial charge on any atom is 0.222 e. The van der Waals surface area contributed by atoms with E-state index in [9.17, 15) is 4.79 Å². The molecule has 2 aromatic rings. The zero-order valence-electron chi connectivity index (χ0n) is 13.8. The van der Waals surface area contributed by atoms with E-state index in [4.69, 9.17) is 4.74 Å². The summed E-state index contributed by atoms with van der Waals surface area (Å²) in [5.74, 6) is 0.480. The average Bonchev–Trinajstić information content (AvgIpc) is 3.01. The van der Waals surface area contributed by atoms with Crippen LogP contribution < -0.4 is 0 Å². The van der Waals surface area contributed by atoms with Gasteiger partial charge in [0.05, 0.1) is 19.5 Å². The van der Waals surface area contributed by atoms with Gasteiger partial charge in [-0.25, -0.2) is 15.0 Å². The lowest BCUT2D eigenvalue weighted by atomic mass is 10.0. The molecule has 3 heterocycles. The van der Waals surface area contributed by atoms with E-state index in [1.54, 1.807) is 25.0 Å². The summed E-state index contributed by atoms with van der Waals surface area (Å²) in [7, 11) is 0. The molecule has 7 heteroatoms. The fourth-order valence-electron chi connectivity index (χ4n) is 2.95. The number of carbonyl (C=O) groups excluding carboxylic acids is 1. The molecule has 0 N–H and O–H groups in total. The highest BCUT2D eigenvalue weighted by Crippen LogP contribution is 2.14. The third kappa shape index (κ3) is 4.86. The largest absolute Gasteiger partial charge is 0.379 e. The van der Waals surface area contributed by atoms with E-state index < -0.39 is 0 Å². The van der Waals surface area contributed by atoms with E-state index in [-0.39, 0.29) is 11.8 Å². The van der Waals surface area contributed by atoms with Crippen molar-refractivity contribution in [2.24, 2.45) is 5.92 Å². The molecule has 1 aliphatic rings. The van der Waals surface area contributed by atoms with Gasteiger partial charge < -0.3 is 14.2 Å². The van der Waals surface area contributed by atoms with Crippen molar-refractivity contribution in [1.29, 1.82) is 0 Å². The van der Waals surface area contributed by atoms with Crippen molar-refractivity contribution in [3.8, 4) is 0 Å². The fourth-order valence-corrected chi connectivity index (χ4v) is 2.95. The first-order valence-electron chi connectivity index (χ1n) is 8.37. The maximum atomic E-state index is 12.5. The predicted octanol–water partition coefficient (Wildman–Crippen LogP) is 1.17. The number of hydrogen-bond donors (Lipinski definition) is 0. The Balaban J connectivity index is 1.49. The van der Waals surface area contributed by atoms with E-state index in [0.717, 1.165) is 31.6 Å². The Morgan fingerprint density at radius 1 is 1.33 bits per heavy atom. The van der Waals surface area contributed by atoms with Crippen LogP contribution in [-0.4, -0.2) is 56.6 Å². The molecule has 3 rings (SSSR count). The van der Waals surface area contributed by atoms with Crippen LogP contribution in [0.2, 0.25) is 0 Å². The molecule has 1 fully saturated rings. The Labute approximate surface area is 141 Å². The van der Waals surface area contributed by atoms with E-state index >= 15 is 0 Å². The van der Waals surface area contributed by atoms with Crippen LogP contribution in [0.4, 0.5) is 0 Å². The van der Waals surface area contributed by atoms with Crippen LogP contribution in [0.3, 0.4) is 0 Å². The Hall–Kier alpha value is -2.28. The zero-order valence-corrected chi connectivity index (χ0v) is 13.8. The molecule has 7 nitrogen and oxygen atoms in total. The van der Waals surface area contributed by atoms with Gasteiger partial charge in [0.15, 0.2) is 0 Å². The molecule has 1 atom stereocenters. The fraction of sp³-hybridized carbons (Fsp3) is 0.529. The number of imidazole rings is 1. The minimum atomic E-state index is 0.202. The van der Waals surface area contributed by atoms with Crippen LogP contribution in [0.1, 0.15) is 18.5 Å². The first-order chi connectivity index (χ1) is 11.8. The van der Waals surface area contributed by atoms with E-state index in [1.165, 1.54) is 0 Å². The third-order valence-electron chi connectivity index (χ3n) is 4.20. The van der Waals surface area contributed by atoms with Gasteiger partial charge in [0.2, 0.25) is 5.91 Å². The van der Waals surface area contributed by atoms with E-state index in [2.05, 4.69) is 15.0 Å². The maximum absolute atomic E-state index is 12.5. The van der Waals surface area contributed by atoms with Gasteiger partial charge in [0.1, 0.15) is 6.33 Å². The number of amides is 1. The molecular weight excluding hydrogens is 306 g/mol. The number of nitrogens with zero attached hydrogens (tertiary/aromatic N) is 5. The molecule has 2 aromatic heterocycles. The van der Waals surface area contributed by atoms with Crippen molar-refractivity contribution < 1.29 is 9.53 Å². The summed E-state index contributed by atoms with van der Waals surface area (Å²) in [5.41, 5.74) is 0.994. The highest BCUT2D eigenvalue weighted by molar-refractivity contribution is 5.76. The van der Waals surface area contributed by atoms with Crippen molar-refractivity contribution in [2.75, 3.05) is 26.3 Å². The lowest BCUT2D eigenvalue weighted by Crippen LogP contribution is -2.36. The van der Waals surface area contributed by atoms with Crippen LogP contribution in [0.5, 0.6) is 0 Å². The second-order valence-corrected chi connectivity index (χ2v) is 6.09. The normalized spacial score (nSPS) is 18.3. The lowest BCUT2D eigenvalue weighted by molar-refractivity contribution is -0.131. The topological polar surface area (TPSA) is 73.1 Å². The summed E-state index contributed by atoms with van der Waals surface area (Å²) in [5, 5.41) is 0. The van der Waals surface area contributed by atoms with Gasteiger partial charge in [-0.3, -0.25) is 4.79 Å². The summed E-state index contributed by atoms with van der Waals surface area (Å²) < 4.78 is 7.67. The Morgan fingerprint density at radius 2 is 2.29 bits per heavy atom. The van der Waals surface area contributed by atoms with Crippen LogP contribution in [0.25, 0.3) is 0 Å². The van der Waals surface area contributed by atoms with Crippen molar-refractivity contribution in [3.63, 3.8) is 0 Å². The molecule has 0 spiro atoms. The Kier molecular flexibility index (Phi) is 5.90. The number of aryl methyl sites for hydroxylation is 1. The number of hydrogen-bond acceptors (Lipinski definition) is 5. The van der Waals surface area contributed by atoms with Crippen molar-refractivity contribution in [2.45, 2.75) is 25.8 Å². The molecule has 0 aromatic carbocycles. The van der Waals surface area contributed by atoms with Crippen LogP contribution >= 0.6 is 0 Å². The van der Waals surface area contributed by atoms with E-state index in [1.807, 2.05) is 21.7 Å². The molecule has 24 heavy (non-hydrogen) atoms. The first kappa shape index (κ1) is 16.6. The lowest BCUT2D eigenvalue weighted by Gasteiger charge is -2.23. The van der Waals surface area contributed by atoms with Gasteiger partial charge >= 0.3 is 0 Å². The summed E-state index contributed by atoms with van der Waals surface area (Å²) in [6, 6.07) is 1.92. The third-order valence-corrected chi connectivity index (χ3v) is 4.20. The molecule has 1 saturated heterocycles. The van der Waals surface area contributed by atoms with Gasteiger partial charge in [-0.2, -0.15) is 0 Å². The first-order valence-corrected chi connectivity index (χ1v) is 8.37. The average molecular weight is 329 g/mol. The smallest absolute Gasteiger partial charge is 0.222 e. The standard InChI is InChI=1S/C17H23N5O2/c23-17(2-1-6-21-7-5-19-14-21)22-8-9-24-12-15(11-22)10-16-3-4-18-13-20-16/h3-5,7,13-15H,1-2,6,8-12H2. The molecule has 0 radical (unpaired) electrons. The zero-order chi connectivity index (χ0) is 16.6. The molecule has 1 amide bonds. The molecule has 0 aliphatic carbocycles. The van der Waals surface area contributed by atoms with Gasteiger partial charge in [-0.15, -0.1) is 0 Å². The molecule has 128 valence electrons. The van der Waals surface area contributed by atoms with Gasteiger partial charge in [-0.1, -0.05) is 0 Å². The Bertz CT molecular complexity index is 617. The highest BCUT2D eigenvalue weighted by atomic mass is 16.5. The molecular formula is C17H23N5O2. The molecule has 1 aliphatic heterocycles. The van der Waals surface area contributed by atoms with Gasteiger partial charge in [0.25, 0.3) is 0 Å². The second-order valence-electron chi connectivity index (χ2n) is 6.09. The van der Waals surface area contributed by atoms with Gasteiger partial charge in [0, 0.05) is 56.3 Å². The van der Waals surface area contributed by atoms with Crippen molar-refractivity contribution >= 4 is 5.91 Å². The van der Waals surface area contributed by atoms with Crippen LogP contribution in [0, 0.1) is 5.92 Å². The predicted molar refractivity (Wildman–Crippen MR) is 88.1 cm³/mol. The van der Waals surface area contributed by atoms with E-state index in [0.29, 0.717) is 26.2 Å². The Morgan fingerprint density at radius 3 is 3.08 bits per heavy atom. The number of aromatic nitrogens is 4. The number of carbonyl (C=O) groups is 1. The van der Waals surface area contributed by atoms with Crippen molar-refractivity contribution in [1.82, 2.24) is 24.4 Å². The summed E-state index contributed by atoms with van der Waals surface area (Å²) in [6.07, 6.45) is 10.9. The SMILES string of the molecule is O=C(CCCn1ccnc1)N1CCOCC(Cc2ccncn2)C1. The monoisotopic (exact) mass is 329 g/mol. The minimum absolute atomic E-state index is 0.202. The van der Waals surface area contributed by atoms with Gasteiger partial charge in [-0.05, 0) is 18.9 Å². The summed E-state index contributed by atoms with van der Waals surface area (Å²) in [4.78, 5) is 26.7. The molecule has 1 unspecified atom stereocenters. The number of rotatable bonds is 6. The quantitative estimate of drug-likeness (QED) is 0.795.